The number of Topliss-reactive ketones (excluding diaryl/α,β-unsaturated/α-hetero) is 1. The molecule has 4 rings (SSSR count). The number of benzene rings is 3. The van der Waals surface area contributed by atoms with E-state index < -0.39 is 41.2 Å². The molecule has 1 heterocycles. The Labute approximate surface area is 260 Å². The summed E-state index contributed by atoms with van der Waals surface area (Å²) in [7, 11) is 0. The summed E-state index contributed by atoms with van der Waals surface area (Å²) in [5, 5.41) is 0. The monoisotopic (exact) mass is 639 g/mol. The Bertz CT molecular complexity index is 1330. The van der Waals surface area contributed by atoms with Gasteiger partial charge in [0.1, 0.15) is 6.61 Å². The van der Waals surface area contributed by atoms with Crippen molar-refractivity contribution in [1.29, 1.82) is 0 Å². The molecular formula is C34H39F6NO4. The minimum Gasteiger partial charge on any atom is -0.445 e. The van der Waals surface area contributed by atoms with Crippen molar-refractivity contribution in [3.8, 4) is 0 Å². The van der Waals surface area contributed by atoms with E-state index in [0.29, 0.717) is 23.3 Å². The molecule has 0 aliphatic carbocycles. The van der Waals surface area contributed by atoms with E-state index in [1.807, 2.05) is 27.7 Å². The van der Waals surface area contributed by atoms with Crippen LogP contribution in [0.3, 0.4) is 0 Å². The summed E-state index contributed by atoms with van der Waals surface area (Å²) in [5.74, 6) is -0.228. The van der Waals surface area contributed by atoms with E-state index in [2.05, 4.69) is 0 Å². The van der Waals surface area contributed by atoms with Crippen molar-refractivity contribution in [2.24, 2.45) is 0 Å². The van der Waals surface area contributed by atoms with Gasteiger partial charge >= 0.3 is 18.4 Å². The van der Waals surface area contributed by atoms with Crippen LogP contribution in [0.1, 0.15) is 81.4 Å². The third kappa shape index (κ3) is 9.81. The van der Waals surface area contributed by atoms with E-state index in [0.717, 1.165) is 0 Å². The van der Waals surface area contributed by atoms with Gasteiger partial charge in [0.2, 0.25) is 0 Å². The van der Waals surface area contributed by atoms with Crippen LogP contribution in [0.2, 0.25) is 0 Å². The van der Waals surface area contributed by atoms with Gasteiger partial charge in [0.25, 0.3) is 0 Å². The molecule has 1 amide bonds. The number of carbonyl (C=O) groups excluding carboxylic acids is 2. The molecule has 3 aromatic carbocycles. The zero-order valence-corrected chi connectivity index (χ0v) is 26.0. The molecule has 5 nitrogen and oxygen atoms in total. The number of alkyl halides is 6. The highest BCUT2D eigenvalue weighted by atomic mass is 19.4. The quantitative estimate of drug-likeness (QED) is 0.242. The molecule has 11 heteroatoms. The molecule has 0 bridgehead atoms. The van der Waals surface area contributed by atoms with Crippen molar-refractivity contribution in [2.45, 2.75) is 78.1 Å². The van der Waals surface area contributed by atoms with Gasteiger partial charge in [-0.3, -0.25) is 9.69 Å². The van der Waals surface area contributed by atoms with Gasteiger partial charge in [-0.15, -0.1) is 0 Å². The van der Waals surface area contributed by atoms with Crippen molar-refractivity contribution < 1.29 is 45.4 Å². The lowest BCUT2D eigenvalue weighted by Gasteiger charge is -2.46. The molecule has 0 radical (unpaired) electrons. The number of hydrogen-bond donors (Lipinski definition) is 0. The van der Waals surface area contributed by atoms with E-state index in [9.17, 15) is 35.9 Å². The van der Waals surface area contributed by atoms with Crippen LogP contribution in [0.15, 0.2) is 78.9 Å². The smallest absolute Gasteiger partial charge is 0.416 e. The molecule has 1 aliphatic heterocycles. The maximum atomic E-state index is 13.4. The highest BCUT2D eigenvalue weighted by Crippen LogP contribution is 2.41. The molecule has 246 valence electrons. The standard InChI is InChI=1S/C30H27F6NO4.2C2H6/c1-20(22-14-24(29(31,32)33)16-25(15-22)30(34,35)36)41-19-28(23-10-6-3-7-11-23)13-12-26(38)17-37(28)27(39)40-18-21-8-4-2-5-9-21;2*1-2/h2-11,14-16,20H,12-13,17-19H2,1H3;2*1-2H3/t20-,28-;;/m1../s1. The third-order valence-corrected chi connectivity index (χ3v) is 7.06. The highest BCUT2D eigenvalue weighted by molar-refractivity contribution is 5.86. The Hall–Kier alpha value is -3.86. The first-order valence-corrected chi connectivity index (χ1v) is 14.8. The van der Waals surface area contributed by atoms with Gasteiger partial charge in [0, 0.05) is 6.42 Å². The van der Waals surface area contributed by atoms with Crippen LogP contribution in [0.4, 0.5) is 31.1 Å². The van der Waals surface area contributed by atoms with E-state index in [-0.39, 0.29) is 50.0 Å². The second kappa shape index (κ2) is 16.5. The summed E-state index contributed by atoms with van der Waals surface area (Å²) < 4.78 is 92.1. The zero-order chi connectivity index (χ0) is 33.8. The van der Waals surface area contributed by atoms with Crippen LogP contribution < -0.4 is 0 Å². The van der Waals surface area contributed by atoms with Crippen LogP contribution in [0.25, 0.3) is 0 Å². The second-order valence-electron chi connectivity index (χ2n) is 9.86. The lowest BCUT2D eigenvalue weighted by atomic mass is 9.80. The molecule has 3 aromatic rings. The Morgan fingerprint density at radius 2 is 1.36 bits per heavy atom. The number of hydrogen-bond acceptors (Lipinski definition) is 4. The largest absolute Gasteiger partial charge is 0.445 e. The number of carbonyl (C=O) groups is 2. The predicted molar refractivity (Wildman–Crippen MR) is 159 cm³/mol. The Morgan fingerprint density at radius 1 is 0.844 bits per heavy atom. The molecule has 0 aromatic heterocycles. The Kier molecular flexibility index (Phi) is 13.6. The van der Waals surface area contributed by atoms with Crippen molar-refractivity contribution >= 4 is 11.9 Å². The van der Waals surface area contributed by atoms with E-state index in [1.165, 1.54) is 11.8 Å². The van der Waals surface area contributed by atoms with Crippen molar-refractivity contribution in [1.82, 2.24) is 4.90 Å². The number of piperidine rings is 1. The summed E-state index contributed by atoms with van der Waals surface area (Å²) in [4.78, 5) is 27.1. The molecule has 0 saturated carbocycles. The minimum atomic E-state index is -5.01. The van der Waals surface area contributed by atoms with Crippen LogP contribution in [-0.2, 0) is 38.8 Å². The molecule has 0 N–H and O–H groups in total. The normalized spacial score (nSPS) is 17.3. The van der Waals surface area contributed by atoms with Gasteiger partial charge in [0.05, 0.1) is 35.9 Å². The SMILES string of the molecule is CC.CC.C[C@@H](OC[C@@]1(c2ccccc2)CCC(=O)CN1C(=O)OCc1ccccc1)c1cc(C(F)(F)F)cc(C(F)(F)F)c1. The fourth-order valence-electron chi connectivity index (χ4n) is 4.78. The number of nitrogens with zero attached hydrogens (tertiary/aromatic N) is 1. The van der Waals surface area contributed by atoms with E-state index in [4.69, 9.17) is 9.47 Å². The van der Waals surface area contributed by atoms with Crippen molar-refractivity contribution in [2.75, 3.05) is 13.2 Å². The number of amides is 1. The first kappa shape index (κ1) is 37.3. The molecule has 0 spiro atoms. The van der Waals surface area contributed by atoms with Crippen LogP contribution in [0, 0.1) is 0 Å². The molecule has 0 unspecified atom stereocenters. The molecule has 1 saturated heterocycles. The van der Waals surface area contributed by atoms with E-state index >= 15 is 0 Å². The Morgan fingerprint density at radius 3 is 1.87 bits per heavy atom. The maximum absolute atomic E-state index is 13.4. The first-order chi connectivity index (χ1) is 21.3. The fourth-order valence-corrected chi connectivity index (χ4v) is 4.78. The van der Waals surface area contributed by atoms with Gasteiger partial charge in [-0.1, -0.05) is 88.4 Å². The average Bonchev–Trinajstić information content (AvgIpc) is 3.04. The topological polar surface area (TPSA) is 55.8 Å². The highest BCUT2D eigenvalue weighted by Gasteiger charge is 2.47. The van der Waals surface area contributed by atoms with Crippen LogP contribution in [-0.4, -0.2) is 29.9 Å². The first-order valence-electron chi connectivity index (χ1n) is 14.8. The lowest BCUT2D eigenvalue weighted by Crippen LogP contribution is -2.57. The lowest BCUT2D eigenvalue weighted by molar-refractivity contribution is -0.143. The van der Waals surface area contributed by atoms with Crippen LogP contribution in [0.5, 0.6) is 0 Å². The summed E-state index contributed by atoms with van der Waals surface area (Å²) in [6.45, 7) is 8.64. The second-order valence-corrected chi connectivity index (χ2v) is 9.86. The van der Waals surface area contributed by atoms with Gasteiger partial charge in [-0.25, -0.2) is 4.79 Å². The third-order valence-electron chi connectivity index (χ3n) is 7.06. The summed E-state index contributed by atoms with van der Waals surface area (Å²) in [6, 6.07) is 18.8. The number of ether oxygens (including phenoxy) is 2. The fraction of sp³-hybridized carbons (Fsp3) is 0.412. The van der Waals surface area contributed by atoms with Gasteiger partial charge in [-0.05, 0) is 48.2 Å². The summed E-state index contributed by atoms with van der Waals surface area (Å²) in [6.07, 6.45) is -11.9. The van der Waals surface area contributed by atoms with Gasteiger partial charge in [-0.2, -0.15) is 26.3 Å². The molecule has 1 aliphatic rings. The van der Waals surface area contributed by atoms with Gasteiger partial charge in [0.15, 0.2) is 5.78 Å². The zero-order valence-electron chi connectivity index (χ0n) is 26.0. The number of halogens is 6. The minimum absolute atomic E-state index is 0.0545. The van der Waals surface area contributed by atoms with Crippen LogP contribution >= 0.6 is 0 Å². The number of likely N-dealkylation sites (tertiary alicyclic amines) is 1. The van der Waals surface area contributed by atoms with Crippen molar-refractivity contribution in [3.63, 3.8) is 0 Å². The van der Waals surface area contributed by atoms with Crippen molar-refractivity contribution in [3.05, 3.63) is 107 Å². The predicted octanol–water partition coefficient (Wildman–Crippen LogP) is 9.75. The Balaban J connectivity index is 0.00000169. The molecule has 1 fully saturated rings. The van der Waals surface area contributed by atoms with E-state index in [1.54, 1.807) is 60.7 Å². The summed E-state index contributed by atoms with van der Waals surface area (Å²) in [5.41, 5.74) is -3.22. The molecule has 45 heavy (non-hydrogen) atoms. The molecular weight excluding hydrogens is 600 g/mol. The average molecular weight is 640 g/mol. The molecule has 2 atom stereocenters. The summed E-state index contributed by atoms with van der Waals surface area (Å²) >= 11 is 0. The maximum Gasteiger partial charge on any atom is 0.416 e. The number of rotatable bonds is 7. The van der Waals surface area contributed by atoms with Gasteiger partial charge < -0.3 is 9.47 Å². The number of ketones is 1.